The van der Waals surface area contributed by atoms with Crippen molar-refractivity contribution in [3.8, 4) is 0 Å². The van der Waals surface area contributed by atoms with Crippen LogP contribution in [-0.4, -0.2) is 30.1 Å². The van der Waals surface area contributed by atoms with Gasteiger partial charge in [0.15, 0.2) is 0 Å². The maximum absolute atomic E-state index is 6.10. The van der Waals surface area contributed by atoms with Crippen LogP contribution in [0.15, 0.2) is 0 Å². The summed E-state index contributed by atoms with van der Waals surface area (Å²) >= 11 is 0. The van der Waals surface area contributed by atoms with Crippen molar-refractivity contribution in [1.29, 1.82) is 0 Å². The van der Waals surface area contributed by atoms with Crippen molar-refractivity contribution in [2.75, 3.05) is 19.6 Å². The molecule has 0 bridgehead atoms. The molecule has 1 saturated carbocycles. The number of hydrogen-bond donors (Lipinski definition) is 1. The molecule has 0 saturated heterocycles. The molecule has 0 aliphatic heterocycles. The summed E-state index contributed by atoms with van der Waals surface area (Å²) in [5.74, 6) is 0. The molecule has 2 N–H and O–H groups in total. The Balaban J connectivity index is 2.70. The van der Waals surface area contributed by atoms with Crippen molar-refractivity contribution < 1.29 is 0 Å². The molecule has 16 heavy (non-hydrogen) atoms. The van der Waals surface area contributed by atoms with Gasteiger partial charge in [-0.15, -0.1) is 0 Å². The maximum atomic E-state index is 6.10. The van der Waals surface area contributed by atoms with Crippen LogP contribution in [-0.2, 0) is 0 Å². The van der Waals surface area contributed by atoms with E-state index in [1.54, 1.807) is 0 Å². The molecule has 2 heteroatoms. The molecule has 1 aliphatic rings. The van der Waals surface area contributed by atoms with E-state index in [9.17, 15) is 0 Å². The van der Waals surface area contributed by atoms with E-state index in [4.69, 9.17) is 5.73 Å². The molecule has 1 aliphatic carbocycles. The average molecular weight is 226 g/mol. The Bertz CT molecular complexity index is 213. The first kappa shape index (κ1) is 14.0. The van der Waals surface area contributed by atoms with Gasteiger partial charge in [0, 0.05) is 12.1 Å². The molecule has 0 heterocycles. The van der Waals surface area contributed by atoms with Crippen LogP contribution < -0.4 is 5.73 Å². The van der Waals surface area contributed by atoms with Crippen molar-refractivity contribution in [3.05, 3.63) is 0 Å². The molecule has 1 fully saturated rings. The minimum absolute atomic E-state index is 0.299. The fraction of sp³-hybridized carbons (Fsp3) is 1.00. The molecule has 96 valence electrons. The molecule has 2 nitrogen and oxygen atoms in total. The summed E-state index contributed by atoms with van der Waals surface area (Å²) in [5, 5.41) is 0. The van der Waals surface area contributed by atoms with Crippen LogP contribution in [0.3, 0.4) is 0 Å². The molecule has 0 amide bonds. The Labute approximate surface area is 102 Å². The molecule has 0 spiro atoms. The Hall–Kier alpha value is -0.0800. The van der Waals surface area contributed by atoms with E-state index < -0.39 is 0 Å². The molecule has 0 aromatic heterocycles. The first-order valence-corrected chi connectivity index (χ1v) is 6.95. The van der Waals surface area contributed by atoms with Gasteiger partial charge in [-0.05, 0) is 44.2 Å². The van der Waals surface area contributed by atoms with Gasteiger partial charge in [-0.2, -0.15) is 0 Å². The second-order valence-electron chi connectivity index (χ2n) is 6.20. The quantitative estimate of drug-likeness (QED) is 0.754. The summed E-state index contributed by atoms with van der Waals surface area (Å²) in [5.41, 5.74) is 6.88. The zero-order valence-corrected chi connectivity index (χ0v) is 11.7. The van der Waals surface area contributed by atoms with Crippen molar-refractivity contribution in [2.24, 2.45) is 11.1 Å². The first-order chi connectivity index (χ1) is 7.49. The van der Waals surface area contributed by atoms with Crippen LogP contribution in [0.1, 0.15) is 59.8 Å². The molecule has 1 rings (SSSR count). The number of likely N-dealkylation sites (N-methyl/N-ethyl adjacent to an activating group) is 1. The highest BCUT2D eigenvalue weighted by Gasteiger charge is 2.45. The first-order valence-electron chi connectivity index (χ1n) is 6.95. The van der Waals surface area contributed by atoms with Gasteiger partial charge < -0.3 is 5.73 Å². The molecule has 1 unspecified atom stereocenters. The maximum Gasteiger partial charge on any atom is 0.0336 e. The van der Waals surface area contributed by atoms with Gasteiger partial charge in [0.05, 0.1) is 0 Å². The highest BCUT2D eigenvalue weighted by molar-refractivity contribution is 5.01. The lowest BCUT2D eigenvalue weighted by Gasteiger charge is -2.41. The third-order valence-corrected chi connectivity index (χ3v) is 4.29. The number of nitrogens with zero attached hydrogens (tertiary/aromatic N) is 1. The van der Waals surface area contributed by atoms with E-state index in [2.05, 4.69) is 32.6 Å². The Morgan fingerprint density at radius 1 is 1.19 bits per heavy atom. The summed E-state index contributed by atoms with van der Waals surface area (Å²) in [7, 11) is 0. The van der Waals surface area contributed by atoms with Crippen LogP contribution >= 0.6 is 0 Å². The van der Waals surface area contributed by atoms with Crippen LogP contribution in [0.5, 0.6) is 0 Å². The summed E-state index contributed by atoms with van der Waals surface area (Å²) in [6, 6.07) is 0. The zero-order chi connectivity index (χ0) is 12.2. The van der Waals surface area contributed by atoms with Gasteiger partial charge in [-0.25, -0.2) is 0 Å². The van der Waals surface area contributed by atoms with Crippen molar-refractivity contribution >= 4 is 0 Å². The topological polar surface area (TPSA) is 29.3 Å². The Morgan fingerprint density at radius 2 is 1.88 bits per heavy atom. The standard InChI is InChI=1S/C14H30N2/c1-5-7-10-16(6-2)14(12-15)9-8-13(3,4)11-14/h5-12,15H2,1-4H3. The molecule has 0 radical (unpaired) electrons. The third-order valence-electron chi connectivity index (χ3n) is 4.29. The predicted octanol–water partition coefficient (Wildman–Crippen LogP) is 3.02. The lowest BCUT2D eigenvalue weighted by Crippen LogP contribution is -2.52. The summed E-state index contributed by atoms with van der Waals surface area (Å²) in [6.07, 6.45) is 6.46. The minimum atomic E-state index is 0.299. The molecular weight excluding hydrogens is 196 g/mol. The van der Waals surface area contributed by atoms with Gasteiger partial charge in [0.2, 0.25) is 0 Å². The fourth-order valence-corrected chi connectivity index (χ4v) is 3.29. The second kappa shape index (κ2) is 5.50. The number of rotatable bonds is 6. The van der Waals surface area contributed by atoms with Gasteiger partial charge in [0.1, 0.15) is 0 Å². The Kier molecular flexibility index (Phi) is 4.81. The zero-order valence-electron chi connectivity index (χ0n) is 11.7. The smallest absolute Gasteiger partial charge is 0.0336 e. The van der Waals surface area contributed by atoms with Crippen molar-refractivity contribution in [1.82, 2.24) is 4.90 Å². The van der Waals surface area contributed by atoms with Crippen molar-refractivity contribution in [3.63, 3.8) is 0 Å². The SMILES string of the molecule is CCCCN(CC)C1(CN)CCC(C)(C)C1. The molecule has 1 atom stereocenters. The Morgan fingerprint density at radius 3 is 2.25 bits per heavy atom. The molecular formula is C14H30N2. The average Bonchev–Trinajstić information content (AvgIpc) is 2.57. The number of nitrogens with two attached hydrogens (primary N) is 1. The minimum Gasteiger partial charge on any atom is -0.329 e. The van der Waals surface area contributed by atoms with Gasteiger partial charge in [-0.3, -0.25) is 4.90 Å². The number of hydrogen-bond acceptors (Lipinski definition) is 2. The van der Waals surface area contributed by atoms with E-state index >= 15 is 0 Å². The van der Waals surface area contributed by atoms with Gasteiger partial charge in [-0.1, -0.05) is 34.1 Å². The molecule has 0 aromatic rings. The number of unbranched alkanes of at least 4 members (excludes halogenated alkanes) is 1. The predicted molar refractivity (Wildman–Crippen MR) is 71.6 cm³/mol. The largest absolute Gasteiger partial charge is 0.329 e. The van der Waals surface area contributed by atoms with Crippen LogP contribution in [0.2, 0.25) is 0 Å². The monoisotopic (exact) mass is 226 g/mol. The van der Waals surface area contributed by atoms with Crippen LogP contribution in [0.25, 0.3) is 0 Å². The highest BCUT2D eigenvalue weighted by atomic mass is 15.2. The van der Waals surface area contributed by atoms with E-state index in [-0.39, 0.29) is 0 Å². The van der Waals surface area contributed by atoms with Gasteiger partial charge >= 0.3 is 0 Å². The third kappa shape index (κ3) is 2.98. The highest BCUT2D eigenvalue weighted by Crippen LogP contribution is 2.46. The lowest BCUT2D eigenvalue weighted by atomic mass is 9.86. The van der Waals surface area contributed by atoms with E-state index in [1.165, 1.54) is 38.6 Å². The summed E-state index contributed by atoms with van der Waals surface area (Å²) in [4.78, 5) is 2.64. The fourth-order valence-electron chi connectivity index (χ4n) is 3.29. The van der Waals surface area contributed by atoms with E-state index in [0.29, 0.717) is 11.0 Å². The van der Waals surface area contributed by atoms with Crippen molar-refractivity contribution in [2.45, 2.75) is 65.3 Å². The summed E-state index contributed by atoms with van der Waals surface area (Å²) in [6.45, 7) is 12.5. The van der Waals surface area contributed by atoms with Crippen LogP contribution in [0.4, 0.5) is 0 Å². The summed E-state index contributed by atoms with van der Waals surface area (Å²) < 4.78 is 0. The van der Waals surface area contributed by atoms with E-state index in [0.717, 1.165) is 13.1 Å². The lowest BCUT2D eigenvalue weighted by molar-refractivity contribution is 0.0928. The van der Waals surface area contributed by atoms with Gasteiger partial charge in [0.25, 0.3) is 0 Å². The van der Waals surface area contributed by atoms with E-state index in [1.807, 2.05) is 0 Å². The second-order valence-corrected chi connectivity index (χ2v) is 6.20. The van der Waals surface area contributed by atoms with Crippen LogP contribution in [0, 0.1) is 5.41 Å². The molecule has 0 aromatic carbocycles. The normalized spacial score (nSPS) is 28.9.